The van der Waals surface area contributed by atoms with Crippen LogP contribution in [0, 0.1) is 18.3 Å². The van der Waals surface area contributed by atoms with Gasteiger partial charge in [0.25, 0.3) is 15.9 Å². The standard InChI is InChI=1S/C37H34N6O5S/c1-4-48-33-10-7-25(2)22-30(33)37(42-20-18-41(19-21-42)27-13-16-39-17-14-27)29-23-26(24-38)8-9-31(29)43(36(37)44)49(45,46)34-12-11-32(47-3)28-6-5-15-40-35(28)34/h5-17,22-23H,4,18-21H2,1-3H3. The molecule has 4 heterocycles. The third-order valence-corrected chi connectivity index (χ3v) is 11.0. The van der Waals surface area contributed by atoms with Gasteiger partial charge in [0.1, 0.15) is 16.4 Å². The zero-order valence-corrected chi connectivity index (χ0v) is 28.1. The maximum Gasteiger partial charge on any atom is 0.273 e. The number of pyridine rings is 2. The first kappa shape index (κ1) is 32.1. The average molecular weight is 675 g/mol. The van der Waals surface area contributed by atoms with Crippen LogP contribution >= 0.6 is 0 Å². The van der Waals surface area contributed by atoms with Crippen molar-refractivity contribution in [2.75, 3.05) is 49.1 Å². The topological polar surface area (TPSA) is 129 Å². The van der Waals surface area contributed by atoms with Gasteiger partial charge in [0.15, 0.2) is 5.54 Å². The van der Waals surface area contributed by atoms with Crippen molar-refractivity contribution in [2.45, 2.75) is 24.3 Å². The monoisotopic (exact) mass is 674 g/mol. The molecule has 0 aliphatic carbocycles. The number of carbonyl (C=O) groups is 1. The summed E-state index contributed by atoms with van der Waals surface area (Å²) < 4.78 is 42.5. The number of rotatable bonds is 8. The molecule has 7 rings (SSSR count). The lowest BCUT2D eigenvalue weighted by Gasteiger charge is -2.46. The van der Waals surface area contributed by atoms with E-state index in [2.05, 4.69) is 20.9 Å². The largest absolute Gasteiger partial charge is 0.496 e. The molecular weight excluding hydrogens is 641 g/mol. The second-order valence-electron chi connectivity index (χ2n) is 11.9. The molecular formula is C37H34N6O5S. The summed E-state index contributed by atoms with van der Waals surface area (Å²) in [5, 5.41) is 10.6. The molecule has 1 atom stereocenters. The summed E-state index contributed by atoms with van der Waals surface area (Å²) in [6.07, 6.45) is 4.99. The van der Waals surface area contributed by atoms with Gasteiger partial charge in [-0.1, -0.05) is 11.6 Å². The molecule has 3 aromatic carbocycles. The summed E-state index contributed by atoms with van der Waals surface area (Å²) in [5.74, 6) is 0.236. The van der Waals surface area contributed by atoms with Gasteiger partial charge >= 0.3 is 0 Å². The van der Waals surface area contributed by atoms with Gasteiger partial charge < -0.3 is 14.4 Å². The summed E-state index contributed by atoms with van der Waals surface area (Å²) in [6.45, 7) is 6.04. The Hall–Kier alpha value is -5.51. The van der Waals surface area contributed by atoms with Gasteiger partial charge in [-0.3, -0.25) is 19.7 Å². The smallest absolute Gasteiger partial charge is 0.273 e. The van der Waals surface area contributed by atoms with E-state index in [4.69, 9.17) is 9.47 Å². The van der Waals surface area contributed by atoms with E-state index in [0.29, 0.717) is 66.4 Å². The number of amides is 1. The molecule has 0 N–H and O–H groups in total. The normalized spacial score (nSPS) is 18.0. The van der Waals surface area contributed by atoms with Gasteiger partial charge in [-0.25, -0.2) is 12.7 Å². The van der Waals surface area contributed by atoms with E-state index in [9.17, 15) is 13.7 Å². The lowest BCUT2D eigenvalue weighted by atomic mass is 9.80. The number of hydrogen-bond donors (Lipinski definition) is 0. The Labute approximate surface area is 285 Å². The minimum Gasteiger partial charge on any atom is -0.496 e. The fraction of sp³-hybridized carbons (Fsp3) is 0.243. The second kappa shape index (κ2) is 12.5. The van der Waals surface area contributed by atoms with Crippen molar-refractivity contribution in [3.63, 3.8) is 0 Å². The molecule has 0 saturated carbocycles. The zero-order chi connectivity index (χ0) is 34.3. The molecule has 2 aliphatic rings. The number of piperazine rings is 1. The van der Waals surface area contributed by atoms with Crippen LogP contribution in [0.3, 0.4) is 0 Å². The Morgan fingerprint density at radius 1 is 0.918 bits per heavy atom. The van der Waals surface area contributed by atoms with Crippen LogP contribution in [-0.4, -0.2) is 69.1 Å². The van der Waals surface area contributed by atoms with E-state index < -0.39 is 21.5 Å². The molecule has 0 radical (unpaired) electrons. The fourth-order valence-electron chi connectivity index (χ4n) is 7.09. The average Bonchev–Trinajstić information content (AvgIpc) is 3.40. The molecule has 12 heteroatoms. The van der Waals surface area contributed by atoms with E-state index in [1.54, 1.807) is 42.7 Å². The number of methoxy groups -OCH3 is 1. The molecule has 2 aromatic heterocycles. The second-order valence-corrected chi connectivity index (χ2v) is 13.7. The van der Waals surface area contributed by atoms with Gasteiger partial charge in [-0.2, -0.15) is 5.26 Å². The molecule has 1 saturated heterocycles. The number of benzene rings is 3. The van der Waals surface area contributed by atoms with Gasteiger partial charge in [0, 0.05) is 67.0 Å². The van der Waals surface area contributed by atoms with Crippen molar-refractivity contribution in [1.29, 1.82) is 5.26 Å². The van der Waals surface area contributed by atoms with Crippen LogP contribution in [0.2, 0.25) is 0 Å². The van der Waals surface area contributed by atoms with Crippen LogP contribution < -0.4 is 18.7 Å². The van der Waals surface area contributed by atoms with Crippen LogP contribution in [0.25, 0.3) is 10.9 Å². The zero-order valence-electron chi connectivity index (χ0n) is 27.3. The van der Waals surface area contributed by atoms with Gasteiger partial charge in [0.05, 0.1) is 36.6 Å². The molecule has 248 valence electrons. The highest BCUT2D eigenvalue weighted by molar-refractivity contribution is 7.93. The Morgan fingerprint density at radius 3 is 2.39 bits per heavy atom. The maximum atomic E-state index is 15.6. The third kappa shape index (κ3) is 5.05. The van der Waals surface area contributed by atoms with Crippen LogP contribution in [0.4, 0.5) is 11.4 Å². The molecule has 1 unspecified atom stereocenters. The minimum absolute atomic E-state index is 0.139. The number of ether oxygens (including phenoxy) is 2. The summed E-state index contributed by atoms with van der Waals surface area (Å²) in [7, 11) is -3.08. The Kier molecular flexibility index (Phi) is 8.18. The lowest BCUT2D eigenvalue weighted by Crippen LogP contribution is -2.60. The Bertz CT molecular complexity index is 2230. The number of aromatic nitrogens is 2. The van der Waals surface area contributed by atoms with Crippen LogP contribution in [-0.2, 0) is 20.4 Å². The quantitative estimate of drug-likeness (QED) is 0.221. The molecule has 1 amide bonds. The molecule has 49 heavy (non-hydrogen) atoms. The predicted octanol–water partition coefficient (Wildman–Crippen LogP) is 5.02. The maximum absolute atomic E-state index is 15.6. The number of hydrogen-bond acceptors (Lipinski definition) is 10. The number of carbonyl (C=O) groups excluding carboxylic acids is 1. The van der Waals surface area contributed by atoms with Crippen molar-refractivity contribution in [1.82, 2.24) is 14.9 Å². The number of anilines is 2. The van der Waals surface area contributed by atoms with Gasteiger partial charge in [-0.15, -0.1) is 0 Å². The molecule has 5 aromatic rings. The summed E-state index contributed by atoms with van der Waals surface area (Å²) in [4.78, 5) is 28.3. The first-order valence-electron chi connectivity index (χ1n) is 16.0. The number of sulfonamides is 1. The summed E-state index contributed by atoms with van der Waals surface area (Å²) in [5.41, 5.74) is 1.79. The minimum atomic E-state index is -4.58. The van der Waals surface area contributed by atoms with E-state index in [1.807, 2.05) is 49.1 Å². The van der Waals surface area contributed by atoms with Crippen LogP contribution in [0.15, 0.2) is 96.3 Å². The third-order valence-electron chi connectivity index (χ3n) is 9.27. The van der Waals surface area contributed by atoms with Crippen molar-refractivity contribution < 1.29 is 22.7 Å². The van der Waals surface area contributed by atoms with Crippen LogP contribution in [0.5, 0.6) is 11.5 Å². The van der Waals surface area contributed by atoms with Gasteiger partial charge in [0.2, 0.25) is 0 Å². The van der Waals surface area contributed by atoms with E-state index in [1.165, 1.54) is 25.4 Å². The Balaban J connectivity index is 1.48. The van der Waals surface area contributed by atoms with E-state index >= 15 is 4.79 Å². The number of nitrogens with zero attached hydrogens (tertiary/aromatic N) is 6. The molecule has 11 nitrogen and oxygen atoms in total. The summed E-state index contributed by atoms with van der Waals surface area (Å²) >= 11 is 0. The number of nitriles is 1. The predicted molar refractivity (Wildman–Crippen MR) is 185 cm³/mol. The van der Waals surface area contributed by atoms with Crippen LogP contribution in [0.1, 0.15) is 29.2 Å². The molecule has 0 bridgehead atoms. The first-order chi connectivity index (χ1) is 23.7. The van der Waals surface area contributed by atoms with Gasteiger partial charge in [-0.05, 0) is 80.6 Å². The first-order valence-corrected chi connectivity index (χ1v) is 17.4. The van der Waals surface area contributed by atoms with E-state index in [-0.39, 0.29) is 16.1 Å². The Morgan fingerprint density at radius 2 is 1.67 bits per heavy atom. The molecule has 1 fully saturated rings. The fourth-order valence-corrected chi connectivity index (χ4v) is 8.70. The molecule has 2 aliphatic heterocycles. The van der Waals surface area contributed by atoms with Crippen molar-refractivity contribution in [2.24, 2.45) is 0 Å². The number of fused-ring (bicyclic) bond motifs is 2. The lowest BCUT2D eigenvalue weighted by molar-refractivity contribution is -0.127. The van der Waals surface area contributed by atoms with Crippen molar-refractivity contribution in [3.8, 4) is 17.6 Å². The highest BCUT2D eigenvalue weighted by Crippen LogP contribution is 2.53. The molecule has 0 spiro atoms. The summed E-state index contributed by atoms with van der Waals surface area (Å²) in [6, 6.07) is 22.8. The van der Waals surface area contributed by atoms with Crippen molar-refractivity contribution in [3.05, 3.63) is 114 Å². The SMILES string of the molecule is CCOc1ccc(C)cc1C1(N2CCN(c3ccncc3)CC2)C(=O)N(S(=O)(=O)c2ccc(OC)c3cccnc23)c2ccc(C#N)cc21. The number of aryl methyl sites for hydroxylation is 1. The highest BCUT2D eigenvalue weighted by Gasteiger charge is 2.61. The van der Waals surface area contributed by atoms with Crippen molar-refractivity contribution >= 4 is 38.2 Å². The van der Waals surface area contributed by atoms with E-state index in [0.717, 1.165) is 15.6 Å². The highest BCUT2D eigenvalue weighted by atomic mass is 32.2.